The Balaban J connectivity index is 0.000000176. The number of fused-ring (bicyclic) bond motifs is 1. The van der Waals surface area contributed by atoms with Gasteiger partial charge < -0.3 is 20.8 Å². The van der Waals surface area contributed by atoms with Crippen LogP contribution in [0.1, 0.15) is 18.1 Å². The maximum Gasteiger partial charge on any atom is 0.190 e. The fraction of sp³-hybridized carbons (Fsp3) is 0.174. The minimum absolute atomic E-state index is 0.0575. The number of rotatable bonds is 4. The highest BCUT2D eigenvalue weighted by atomic mass is 19.1. The lowest BCUT2D eigenvalue weighted by Gasteiger charge is -2.12. The maximum atomic E-state index is 13.7. The molecular formula is C23H25FN4O. The third kappa shape index (κ3) is 4.48. The molecular weight excluding hydrogens is 367 g/mol. The number of aryl methyl sites for hydroxylation is 2. The van der Waals surface area contributed by atoms with Crippen molar-refractivity contribution in [3.63, 3.8) is 0 Å². The Hall–Kier alpha value is -3.54. The van der Waals surface area contributed by atoms with Gasteiger partial charge in [-0.05, 0) is 48.7 Å². The third-order valence-electron chi connectivity index (χ3n) is 4.68. The van der Waals surface area contributed by atoms with Gasteiger partial charge in [-0.15, -0.1) is 0 Å². The van der Waals surface area contributed by atoms with E-state index in [0.29, 0.717) is 5.69 Å². The second-order valence-corrected chi connectivity index (χ2v) is 6.58. The molecule has 0 unspecified atom stereocenters. The molecule has 6 heteroatoms. The molecule has 2 aromatic heterocycles. The molecule has 2 aromatic carbocycles. The standard InChI is InChI=1S/C12H12FN3O.C11H13N/c1-17-12-10(3-2-9(14)11(12)13)16-8-4-6-15-7-5-8;1-3-9-7-12-11-8(2)5-4-6-10(9)11/h2-7H,14H2,1H3,(H,15,16);4-7,12H,3H2,1-2H3. The average Bonchev–Trinajstić information content (AvgIpc) is 3.17. The summed E-state index contributed by atoms with van der Waals surface area (Å²) in [5.41, 5.74) is 10.9. The van der Waals surface area contributed by atoms with Gasteiger partial charge >= 0.3 is 0 Å². The van der Waals surface area contributed by atoms with Gasteiger partial charge in [0.2, 0.25) is 0 Å². The van der Waals surface area contributed by atoms with Crippen LogP contribution in [0.2, 0.25) is 0 Å². The van der Waals surface area contributed by atoms with Crippen LogP contribution in [0.25, 0.3) is 10.9 Å². The highest BCUT2D eigenvalue weighted by Crippen LogP contribution is 2.33. The number of hydrogen-bond donors (Lipinski definition) is 3. The number of ether oxygens (including phenoxy) is 1. The smallest absolute Gasteiger partial charge is 0.190 e. The van der Waals surface area contributed by atoms with Crippen LogP contribution in [0, 0.1) is 12.7 Å². The van der Waals surface area contributed by atoms with E-state index in [4.69, 9.17) is 10.5 Å². The summed E-state index contributed by atoms with van der Waals surface area (Å²) in [6.45, 7) is 4.32. The van der Waals surface area contributed by atoms with Crippen LogP contribution in [0.3, 0.4) is 0 Å². The van der Waals surface area contributed by atoms with Gasteiger partial charge in [-0.3, -0.25) is 4.98 Å². The number of halogens is 1. The fourth-order valence-electron chi connectivity index (χ4n) is 3.12. The number of nitrogen functional groups attached to an aromatic ring is 1. The molecule has 0 aliphatic heterocycles. The minimum atomic E-state index is -0.563. The summed E-state index contributed by atoms with van der Waals surface area (Å²) in [7, 11) is 1.40. The number of hydrogen-bond acceptors (Lipinski definition) is 4. The normalized spacial score (nSPS) is 10.3. The van der Waals surface area contributed by atoms with Crippen molar-refractivity contribution in [1.29, 1.82) is 0 Å². The number of pyridine rings is 1. The Morgan fingerprint density at radius 1 is 1.14 bits per heavy atom. The molecule has 150 valence electrons. The largest absolute Gasteiger partial charge is 0.492 e. The molecule has 29 heavy (non-hydrogen) atoms. The molecule has 0 bridgehead atoms. The third-order valence-corrected chi connectivity index (χ3v) is 4.68. The van der Waals surface area contributed by atoms with Crippen molar-refractivity contribution in [2.75, 3.05) is 18.2 Å². The summed E-state index contributed by atoms with van der Waals surface area (Å²) >= 11 is 0. The number of H-pyrrole nitrogens is 1. The SMILES string of the molecule is CCc1c[nH]c2c(C)cccc12.COc1c(Nc2ccncc2)ccc(N)c1F. The molecule has 4 rings (SSSR count). The summed E-state index contributed by atoms with van der Waals surface area (Å²) in [5, 5.41) is 4.40. The number of nitrogens with two attached hydrogens (primary N) is 1. The molecule has 4 aromatic rings. The van der Waals surface area contributed by atoms with Crippen molar-refractivity contribution in [2.45, 2.75) is 20.3 Å². The van der Waals surface area contributed by atoms with E-state index < -0.39 is 5.82 Å². The topological polar surface area (TPSA) is 76.0 Å². The quantitative estimate of drug-likeness (QED) is 0.396. The first kappa shape index (κ1) is 20.2. The number of anilines is 3. The maximum absolute atomic E-state index is 13.7. The summed E-state index contributed by atoms with van der Waals surface area (Å²) in [6, 6.07) is 13.1. The van der Waals surface area contributed by atoms with Gasteiger partial charge in [-0.25, -0.2) is 4.39 Å². The van der Waals surface area contributed by atoms with Crippen molar-refractivity contribution in [2.24, 2.45) is 0 Å². The van der Waals surface area contributed by atoms with E-state index in [1.54, 1.807) is 30.6 Å². The Labute approximate surface area is 169 Å². The molecule has 0 radical (unpaired) electrons. The van der Waals surface area contributed by atoms with E-state index in [1.807, 2.05) is 0 Å². The fourth-order valence-corrected chi connectivity index (χ4v) is 3.12. The lowest BCUT2D eigenvalue weighted by Crippen LogP contribution is -2.00. The number of benzene rings is 2. The molecule has 0 amide bonds. The molecule has 2 heterocycles. The monoisotopic (exact) mass is 392 g/mol. The lowest BCUT2D eigenvalue weighted by atomic mass is 10.1. The first-order valence-electron chi connectivity index (χ1n) is 9.39. The van der Waals surface area contributed by atoms with Crippen molar-refractivity contribution in [1.82, 2.24) is 9.97 Å². The molecule has 4 N–H and O–H groups in total. The van der Waals surface area contributed by atoms with Gasteiger partial charge in [0, 0.05) is 35.2 Å². The summed E-state index contributed by atoms with van der Waals surface area (Å²) in [4.78, 5) is 7.20. The molecule has 0 atom stereocenters. The highest BCUT2D eigenvalue weighted by Gasteiger charge is 2.12. The second-order valence-electron chi connectivity index (χ2n) is 6.58. The predicted octanol–water partition coefficient (Wildman–Crippen LogP) is 5.59. The van der Waals surface area contributed by atoms with Gasteiger partial charge in [-0.2, -0.15) is 0 Å². The lowest BCUT2D eigenvalue weighted by molar-refractivity contribution is 0.390. The number of methoxy groups -OCH3 is 1. The van der Waals surface area contributed by atoms with Crippen LogP contribution in [-0.4, -0.2) is 17.1 Å². The first-order chi connectivity index (χ1) is 14.0. The Kier molecular flexibility index (Phi) is 6.34. The van der Waals surface area contributed by atoms with E-state index >= 15 is 0 Å². The minimum Gasteiger partial charge on any atom is -0.492 e. The van der Waals surface area contributed by atoms with E-state index in [0.717, 1.165) is 12.1 Å². The molecule has 0 aliphatic carbocycles. The first-order valence-corrected chi connectivity index (χ1v) is 9.39. The van der Waals surface area contributed by atoms with E-state index in [2.05, 4.69) is 53.5 Å². The van der Waals surface area contributed by atoms with Crippen LogP contribution < -0.4 is 15.8 Å². The molecule has 0 spiro atoms. The second kappa shape index (κ2) is 9.10. The van der Waals surface area contributed by atoms with Gasteiger partial charge in [-0.1, -0.05) is 25.1 Å². The van der Waals surface area contributed by atoms with Gasteiger partial charge in [0.05, 0.1) is 18.5 Å². The zero-order chi connectivity index (χ0) is 20.8. The van der Waals surface area contributed by atoms with E-state index in [1.165, 1.54) is 35.2 Å². The molecule has 0 aliphatic rings. The molecule has 0 saturated carbocycles. The summed E-state index contributed by atoms with van der Waals surface area (Å²) in [5.74, 6) is -0.464. The van der Waals surface area contributed by atoms with E-state index in [9.17, 15) is 4.39 Å². The highest BCUT2D eigenvalue weighted by molar-refractivity contribution is 5.85. The van der Waals surface area contributed by atoms with Crippen LogP contribution in [0.4, 0.5) is 21.5 Å². The van der Waals surface area contributed by atoms with Crippen molar-refractivity contribution in [3.8, 4) is 5.75 Å². The predicted molar refractivity (Wildman–Crippen MR) is 117 cm³/mol. The van der Waals surface area contributed by atoms with Crippen LogP contribution in [-0.2, 0) is 6.42 Å². The summed E-state index contributed by atoms with van der Waals surface area (Å²) in [6.07, 6.45) is 6.49. The number of nitrogens with one attached hydrogen (secondary N) is 2. The van der Waals surface area contributed by atoms with E-state index in [-0.39, 0.29) is 11.4 Å². The van der Waals surface area contributed by atoms with Gasteiger partial charge in [0.15, 0.2) is 11.6 Å². The Bertz CT molecular complexity index is 1090. The zero-order valence-corrected chi connectivity index (χ0v) is 16.8. The zero-order valence-electron chi connectivity index (χ0n) is 16.8. The Morgan fingerprint density at radius 3 is 2.59 bits per heavy atom. The van der Waals surface area contributed by atoms with Crippen molar-refractivity contribution >= 4 is 28.0 Å². The Morgan fingerprint density at radius 2 is 1.90 bits per heavy atom. The number of nitrogens with zero attached hydrogens (tertiary/aromatic N) is 1. The van der Waals surface area contributed by atoms with Gasteiger partial charge in [0.25, 0.3) is 0 Å². The van der Waals surface area contributed by atoms with Crippen LogP contribution in [0.15, 0.2) is 61.1 Å². The van der Waals surface area contributed by atoms with Gasteiger partial charge in [0.1, 0.15) is 0 Å². The van der Waals surface area contributed by atoms with Crippen molar-refractivity contribution in [3.05, 3.63) is 78.0 Å². The molecule has 0 saturated heterocycles. The van der Waals surface area contributed by atoms with Crippen LogP contribution in [0.5, 0.6) is 5.75 Å². The number of para-hydroxylation sites is 1. The number of aromatic amines is 1. The van der Waals surface area contributed by atoms with Crippen LogP contribution >= 0.6 is 0 Å². The van der Waals surface area contributed by atoms with Crippen molar-refractivity contribution < 1.29 is 9.13 Å². The average molecular weight is 392 g/mol. The summed E-state index contributed by atoms with van der Waals surface area (Å²) < 4.78 is 18.7. The molecule has 5 nitrogen and oxygen atoms in total. The number of aromatic nitrogens is 2. The molecule has 0 fully saturated rings.